The number of nitrogens with one attached hydrogen (secondary N) is 3. The minimum Gasteiger partial charge on any atom is -0.394 e. The minimum absolute atomic E-state index is 0.00384. The average molecular weight is 302 g/mol. The van der Waals surface area contributed by atoms with Crippen LogP contribution < -0.4 is 10.6 Å². The van der Waals surface area contributed by atoms with Crippen LogP contribution in [0.25, 0.3) is 0 Å². The van der Waals surface area contributed by atoms with Crippen LogP contribution in [-0.2, 0) is 0 Å². The number of amides is 2. The van der Waals surface area contributed by atoms with E-state index < -0.39 is 17.9 Å². The minimum atomic E-state index is -0.492. The Kier molecular flexibility index (Phi) is 4.90. The third kappa shape index (κ3) is 3.70. The molecule has 7 nitrogen and oxygen atoms in total. The molecule has 0 spiro atoms. The van der Waals surface area contributed by atoms with Crippen molar-refractivity contribution in [3.05, 3.63) is 47.5 Å². The SMILES string of the molecule is Cc1cccc(NC(=O)c2nc[nH]c2C(=O)N[C@@H](C)CO)c1. The van der Waals surface area contributed by atoms with E-state index in [2.05, 4.69) is 20.6 Å². The molecule has 116 valence electrons. The van der Waals surface area contributed by atoms with Gasteiger partial charge in [0, 0.05) is 11.7 Å². The Hall–Kier alpha value is -2.67. The summed E-state index contributed by atoms with van der Waals surface area (Å²) in [6.07, 6.45) is 1.28. The summed E-state index contributed by atoms with van der Waals surface area (Å²) in [4.78, 5) is 30.8. The summed E-state index contributed by atoms with van der Waals surface area (Å²) in [5.41, 5.74) is 1.70. The molecule has 0 radical (unpaired) electrons. The van der Waals surface area contributed by atoms with Crippen molar-refractivity contribution in [2.24, 2.45) is 0 Å². The van der Waals surface area contributed by atoms with Crippen molar-refractivity contribution < 1.29 is 14.7 Å². The standard InChI is InChI=1S/C15H18N4O3/c1-9-4-3-5-11(6-9)19-15(22)13-12(16-8-17-13)14(21)18-10(2)7-20/h3-6,8,10,20H,7H2,1-2H3,(H,16,17)(H,18,21)(H,19,22)/t10-/m0/s1. The molecule has 1 aromatic carbocycles. The smallest absolute Gasteiger partial charge is 0.276 e. The fourth-order valence-corrected chi connectivity index (χ4v) is 1.89. The van der Waals surface area contributed by atoms with Crippen molar-refractivity contribution in [2.45, 2.75) is 19.9 Å². The summed E-state index contributed by atoms with van der Waals surface area (Å²) < 4.78 is 0. The Morgan fingerprint density at radius 3 is 2.82 bits per heavy atom. The summed E-state index contributed by atoms with van der Waals surface area (Å²) in [5, 5.41) is 14.2. The van der Waals surface area contributed by atoms with E-state index in [4.69, 9.17) is 5.11 Å². The van der Waals surface area contributed by atoms with Crippen LogP contribution in [0.3, 0.4) is 0 Å². The molecular weight excluding hydrogens is 284 g/mol. The third-order valence-corrected chi connectivity index (χ3v) is 3.01. The molecule has 0 aliphatic rings. The number of rotatable bonds is 5. The van der Waals surface area contributed by atoms with Crippen LogP contribution in [-0.4, -0.2) is 39.5 Å². The number of anilines is 1. The van der Waals surface area contributed by atoms with E-state index in [1.165, 1.54) is 6.33 Å². The molecule has 4 N–H and O–H groups in total. The highest BCUT2D eigenvalue weighted by Crippen LogP contribution is 2.12. The number of carbonyl (C=O) groups excluding carboxylic acids is 2. The van der Waals surface area contributed by atoms with Crippen molar-refractivity contribution in [1.29, 1.82) is 0 Å². The molecule has 0 bridgehead atoms. The lowest BCUT2D eigenvalue weighted by Gasteiger charge is -2.10. The van der Waals surface area contributed by atoms with E-state index in [-0.39, 0.29) is 18.0 Å². The zero-order valence-corrected chi connectivity index (χ0v) is 12.4. The Morgan fingerprint density at radius 2 is 2.14 bits per heavy atom. The number of aryl methyl sites for hydroxylation is 1. The lowest BCUT2D eigenvalue weighted by Crippen LogP contribution is -2.36. The maximum absolute atomic E-state index is 12.2. The monoisotopic (exact) mass is 302 g/mol. The normalized spacial score (nSPS) is 11.8. The van der Waals surface area contributed by atoms with Crippen LogP contribution in [0.2, 0.25) is 0 Å². The van der Waals surface area contributed by atoms with Crippen LogP contribution in [0.5, 0.6) is 0 Å². The van der Waals surface area contributed by atoms with Crippen molar-refractivity contribution in [2.75, 3.05) is 11.9 Å². The number of aromatic nitrogens is 2. The number of hydrogen-bond donors (Lipinski definition) is 4. The molecule has 1 heterocycles. The van der Waals surface area contributed by atoms with Crippen molar-refractivity contribution in [3.8, 4) is 0 Å². The fraction of sp³-hybridized carbons (Fsp3) is 0.267. The predicted octanol–water partition coefficient (Wildman–Crippen LogP) is 1.08. The first-order chi connectivity index (χ1) is 10.5. The molecule has 2 aromatic rings. The Balaban J connectivity index is 2.14. The molecule has 0 unspecified atom stereocenters. The number of imidazole rings is 1. The average Bonchev–Trinajstić information content (AvgIpc) is 2.96. The van der Waals surface area contributed by atoms with Gasteiger partial charge in [0.1, 0.15) is 5.69 Å². The highest BCUT2D eigenvalue weighted by atomic mass is 16.3. The van der Waals surface area contributed by atoms with Gasteiger partial charge in [-0.15, -0.1) is 0 Å². The Labute approximate surface area is 127 Å². The molecular formula is C15H18N4O3. The van der Waals surface area contributed by atoms with Crippen LogP contribution in [0, 0.1) is 6.92 Å². The molecule has 0 fully saturated rings. The van der Waals surface area contributed by atoms with Crippen LogP contribution in [0.15, 0.2) is 30.6 Å². The number of H-pyrrole nitrogens is 1. The zero-order chi connectivity index (χ0) is 16.1. The molecule has 2 rings (SSSR count). The Morgan fingerprint density at radius 1 is 1.36 bits per heavy atom. The first kappa shape index (κ1) is 15.7. The van der Waals surface area contributed by atoms with E-state index in [0.29, 0.717) is 5.69 Å². The maximum Gasteiger partial charge on any atom is 0.276 e. The predicted molar refractivity (Wildman–Crippen MR) is 81.7 cm³/mol. The molecule has 1 aromatic heterocycles. The number of hydrogen-bond acceptors (Lipinski definition) is 4. The largest absolute Gasteiger partial charge is 0.394 e. The van der Waals surface area contributed by atoms with Gasteiger partial charge in [0.2, 0.25) is 0 Å². The van der Waals surface area contributed by atoms with E-state index in [1.54, 1.807) is 13.0 Å². The second kappa shape index (κ2) is 6.86. The number of carbonyl (C=O) groups is 2. The lowest BCUT2D eigenvalue weighted by atomic mass is 10.2. The Bertz CT molecular complexity index is 681. The number of aliphatic hydroxyl groups excluding tert-OH is 1. The third-order valence-electron chi connectivity index (χ3n) is 3.01. The van der Waals surface area contributed by atoms with E-state index >= 15 is 0 Å². The van der Waals surface area contributed by atoms with Crippen LogP contribution in [0.1, 0.15) is 33.5 Å². The van der Waals surface area contributed by atoms with Crippen LogP contribution in [0.4, 0.5) is 5.69 Å². The van der Waals surface area contributed by atoms with Gasteiger partial charge < -0.3 is 20.7 Å². The second-order valence-electron chi connectivity index (χ2n) is 5.01. The maximum atomic E-state index is 12.2. The summed E-state index contributed by atoms with van der Waals surface area (Å²) in [6.45, 7) is 3.38. The second-order valence-corrected chi connectivity index (χ2v) is 5.01. The van der Waals surface area contributed by atoms with E-state index in [9.17, 15) is 9.59 Å². The van der Waals surface area contributed by atoms with E-state index in [1.807, 2.05) is 25.1 Å². The van der Waals surface area contributed by atoms with Gasteiger partial charge in [0.05, 0.1) is 12.9 Å². The summed E-state index contributed by atoms with van der Waals surface area (Å²) in [5.74, 6) is -0.970. The van der Waals surface area contributed by atoms with Gasteiger partial charge >= 0.3 is 0 Å². The first-order valence-electron chi connectivity index (χ1n) is 6.84. The van der Waals surface area contributed by atoms with Gasteiger partial charge in [-0.05, 0) is 31.5 Å². The molecule has 0 saturated heterocycles. The molecule has 0 saturated carbocycles. The number of benzene rings is 1. The molecule has 7 heteroatoms. The topological polar surface area (TPSA) is 107 Å². The molecule has 0 aliphatic heterocycles. The summed E-state index contributed by atoms with van der Waals surface area (Å²) >= 11 is 0. The number of nitrogens with zero attached hydrogens (tertiary/aromatic N) is 1. The van der Waals surface area contributed by atoms with Crippen molar-refractivity contribution in [3.63, 3.8) is 0 Å². The van der Waals surface area contributed by atoms with E-state index in [0.717, 1.165) is 5.56 Å². The molecule has 2 amide bonds. The fourth-order valence-electron chi connectivity index (χ4n) is 1.89. The van der Waals surface area contributed by atoms with Crippen LogP contribution >= 0.6 is 0 Å². The van der Waals surface area contributed by atoms with Crippen molar-refractivity contribution >= 4 is 17.5 Å². The lowest BCUT2D eigenvalue weighted by molar-refractivity contribution is 0.0907. The van der Waals surface area contributed by atoms with Gasteiger partial charge in [-0.2, -0.15) is 0 Å². The quantitative estimate of drug-likeness (QED) is 0.663. The van der Waals surface area contributed by atoms with Gasteiger partial charge in [0.25, 0.3) is 11.8 Å². The van der Waals surface area contributed by atoms with Gasteiger partial charge in [-0.3, -0.25) is 9.59 Å². The molecule has 22 heavy (non-hydrogen) atoms. The number of aromatic amines is 1. The zero-order valence-electron chi connectivity index (χ0n) is 12.4. The van der Waals surface area contributed by atoms with Gasteiger partial charge in [0.15, 0.2) is 5.69 Å². The molecule has 0 aliphatic carbocycles. The van der Waals surface area contributed by atoms with Gasteiger partial charge in [-0.25, -0.2) is 4.98 Å². The molecule has 1 atom stereocenters. The first-order valence-corrected chi connectivity index (χ1v) is 6.84. The number of aliphatic hydroxyl groups is 1. The van der Waals surface area contributed by atoms with Crippen molar-refractivity contribution in [1.82, 2.24) is 15.3 Å². The highest BCUT2D eigenvalue weighted by Gasteiger charge is 2.21. The van der Waals surface area contributed by atoms with Gasteiger partial charge in [-0.1, -0.05) is 12.1 Å². The highest BCUT2D eigenvalue weighted by molar-refractivity contribution is 6.10. The summed E-state index contributed by atoms with van der Waals surface area (Å²) in [6, 6.07) is 6.90. The summed E-state index contributed by atoms with van der Waals surface area (Å²) in [7, 11) is 0.